The molecular formula is C11H10O6. The minimum atomic E-state index is -2.38. The molecule has 2 heterocycles. The number of fused-ring (bicyclic) bond motifs is 8. The Labute approximate surface area is 96.4 Å². The van der Waals surface area contributed by atoms with Crippen molar-refractivity contribution in [2.75, 3.05) is 13.2 Å². The Balaban J connectivity index is 2.33. The molecule has 0 radical (unpaired) electrons. The maximum absolute atomic E-state index is 11.5. The molecule has 6 heteroatoms. The van der Waals surface area contributed by atoms with Gasteiger partial charge < -0.3 is 19.7 Å². The number of hydrogen-bond donors (Lipinski definition) is 2. The first-order valence-electron chi connectivity index (χ1n) is 4.87. The van der Waals surface area contributed by atoms with Gasteiger partial charge in [0.1, 0.15) is 13.2 Å². The topological polar surface area (TPSA) is 93.1 Å². The Morgan fingerprint density at radius 2 is 1.24 bits per heavy atom. The fourth-order valence-electron chi connectivity index (χ4n) is 1.31. The van der Waals surface area contributed by atoms with Gasteiger partial charge in [-0.1, -0.05) is 0 Å². The van der Waals surface area contributed by atoms with E-state index in [0.29, 0.717) is 0 Å². The molecular weight excluding hydrogens is 228 g/mol. The Hall–Kier alpha value is -1.92. The summed E-state index contributed by atoms with van der Waals surface area (Å²) < 4.78 is 9.35. The van der Waals surface area contributed by atoms with Crippen molar-refractivity contribution >= 4 is 11.9 Å². The van der Waals surface area contributed by atoms with Gasteiger partial charge in [0.2, 0.25) is 5.79 Å². The zero-order valence-corrected chi connectivity index (χ0v) is 8.75. The van der Waals surface area contributed by atoms with Crippen LogP contribution in [0.25, 0.3) is 0 Å². The fraction of sp³-hybridized carbons (Fsp3) is 0.273. The number of ether oxygens (including phenoxy) is 2. The third-order valence-electron chi connectivity index (χ3n) is 2.23. The molecule has 0 saturated carbocycles. The van der Waals surface area contributed by atoms with Crippen molar-refractivity contribution in [3.63, 3.8) is 0 Å². The zero-order chi connectivity index (χ0) is 12.5. The highest BCUT2D eigenvalue weighted by molar-refractivity contribution is 5.93. The van der Waals surface area contributed by atoms with Crippen LogP contribution in [0.15, 0.2) is 24.3 Å². The zero-order valence-electron chi connectivity index (χ0n) is 8.75. The molecule has 0 fully saturated rings. The number of hydrogen-bond acceptors (Lipinski definition) is 6. The first-order chi connectivity index (χ1) is 7.98. The van der Waals surface area contributed by atoms with Crippen LogP contribution in [-0.2, 0) is 9.47 Å². The van der Waals surface area contributed by atoms with Crippen LogP contribution in [0, 0.1) is 0 Å². The minimum absolute atomic E-state index is 0.222. The fourth-order valence-corrected chi connectivity index (χ4v) is 1.31. The molecule has 0 amide bonds. The van der Waals surface area contributed by atoms with Gasteiger partial charge in [0.05, 0.1) is 11.1 Å². The minimum Gasteiger partial charge on any atom is -0.456 e. The smallest absolute Gasteiger partial charge is 0.338 e. The summed E-state index contributed by atoms with van der Waals surface area (Å²) >= 11 is 0. The predicted octanol–water partition coefficient (Wildman–Crippen LogP) is -0.305. The van der Waals surface area contributed by atoms with E-state index in [1.54, 1.807) is 0 Å². The number of aliphatic hydroxyl groups is 2. The Bertz CT molecular complexity index is 407. The van der Waals surface area contributed by atoms with Crippen LogP contribution >= 0.6 is 0 Å². The van der Waals surface area contributed by atoms with Crippen LogP contribution in [0.2, 0.25) is 0 Å². The molecule has 90 valence electrons. The van der Waals surface area contributed by atoms with Crippen molar-refractivity contribution in [3.8, 4) is 0 Å². The van der Waals surface area contributed by atoms with E-state index in [0.717, 1.165) is 0 Å². The second-order valence-electron chi connectivity index (χ2n) is 3.71. The van der Waals surface area contributed by atoms with Gasteiger partial charge in [-0.05, 0) is 24.3 Å². The van der Waals surface area contributed by atoms with E-state index in [2.05, 4.69) is 9.47 Å². The van der Waals surface area contributed by atoms with Gasteiger partial charge in [0.15, 0.2) is 0 Å². The maximum atomic E-state index is 11.5. The second-order valence-corrected chi connectivity index (χ2v) is 3.71. The Morgan fingerprint density at radius 1 is 0.882 bits per heavy atom. The molecule has 2 N–H and O–H groups in total. The summed E-state index contributed by atoms with van der Waals surface area (Å²) in [6.07, 6.45) is 0. The van der Waals surface area contributed by atoms with Crippen LogP contribution < -0.4 is 0 Å². The second kappa shape index (κ2) is 4.15. The van der Waals surface area contributed by atoms with E-state index in [1.807, 2.05) is 0 Å². The lowest BCUT2D eigenvalue weighted by Gasteiger charge is -2.20. The molecule has 1 aromatic carbocycles. The summed E-state index contributed by atoms with van der Waals surface area (Å²) in [7, 11) is 0. The van der Waals surface area contributed by atoms with Gasteiger partial charge >= 0.3 is 11.9 Å². The first-order valence-corrected chi connectivity index (χ1v) is 4.87. The molecule has 17 heavy (non-hydrogen) atoms. The van der Waals surface area contributed by atoms with E-state index in [9.17, 15) is 19.8 Å². The summed E-state index contributed by atoms with van der Waals surface area (Å²) in [5.74, 6) is -3.77. The molecule has 0 atom stereocenters. The molecule has 2 aliphatic heterocycles. The summed E-state index contributed by atoms with van der Waals surface area (Å²) in [5, 5.41) is 18.7. The number of carbonyl (C=O) groups excluding carboxylic acids is 2. The van der Waals surface area contributed by atoms with E-state index in [-0.39, 0.29) is 11.1 Å². The number of rotatable bonds is 0. The lowest BCUT2D eigenvalue weighted by atomic mass is 10.1. The summed E-state index contributed by atoms with van der Waals surface area (Å²) in [6, 6.07) is 5.61. The first kappa shape index (κ1) is 11.6. The molecule has 1 aromatic rings. The molecule has 0 aromatic heterocycles. The quantitative estimate of drug-likeness (QED) is 0.476. The standard InChI is InChI=1S/C11H10O6/c12-9-7-1-2-8(4-3-7)10(13)17-6-11(14,15)5-16-9/h1-4,14-15H,5-6H2. The van der Waals surface area contributed by atoms with Crippen molar-refractivity contribution in [3.05, 3.63) is 35.4 Å². The van der Waals surface area contributed by atoms with Gasteiger partial charge in [-0.2, -0.15) is 0 Å². The van der Waals surface area contributed by atoms with E-state index in [4.69, 9.17) is 0 Å². The van der Waals surface area contributed by atoms with Crippen molar-refractivity contribution in [2.45, 2.75) is 5.79 Å². The van der Waals surface area contributed by atoms with E-state index in [1.165, 1.54) is 24.3 Å². The summed E-state index contributed by atoms with van der Waals surface area (Å²) in [4.78, 5) is 22.9. The van der Waals surface area contributed by atoms with Crippen LogP contribution in [0.5, 0.6) is 0 Å². The molecule has 2 aliphatic rings. The van der Waals surface area contributed by atoms with Crippen molar-refractivity contribution < 1.29 is 29.3 Å². The third-order valence-corrected chi connectivity index (χ3v) is 2.23. The van der Waals surface area contributed by atoms with Crippen molar-refractivity contribution in [2.24, 2.45) is 0 Å². The van der Waals surface area contributed by atoms with Crippen LogP contribution in [0.3, 0.4) is 0 Å². The highest BCUT2D eigenvalue weighted by atomic mass is 16.6. The highest BCUT2D eigenvalue weighted by Gasteiger charge is 2.29. The Morgan fingerprint density at radius 3 is 1.59 bits per heavy atom. The van der Waals surface area contributed by atoms with Gasteiger partial charge in [0.25, 0.3) is 0 Å². The SMILES string of the molecule is O=C1OCC(O)(O)COC(=O)c2ccc1cc2. The third kappa shape index (κ3) is 2.61. The lowest BCUT2D eigenvalue weighted by Crippen LogP contribution is -2.40. The number of carbonyl (C=O) groups is 2. The highest BCUT2D eigenvalue weighted by Crippen LogP contribution is 2.12. The van der Waals surface area contributed by atoms with Crippen LogP contribution in [-0.4, -0.2) is 41.2 Å². The van der Waals surface area contributed by atoms with Crippen LogP contribution in [0.1, 0.15) is 20.7 Å². The number of esters is 2. The summed E-state index contributed by atoms with van der Waals surface area (Å²) in [5.41, 5.74) is 0.443. The molecule has 0 saturated heterocycles. The molecule has 6 nitrogen and oxygen atoms in total. The lowest BCUT2D eigenvalue weighted by molar-refractivity contribution is -0.208. The molecule has 2 bridgehead atoms. The van der Waals surface area contributed by atoms with Crippen molar-refractivity contribution in [1.29, 1.82) is 0 Å². The normalized spacial score (nSPS) is 19.2. The Kier molecular flexibility index (Phi) is 2.83. The van der Waals surface area contributed by atoms with Crippen LogP contribution in [0.4, 0.5) is 0 Å². The largest absolute Gasteiger partial charge is 0.456 e. The van der Waals surface area contributed by atoms with E-state index < -0.39 is 30.9 Å². The molecule has 3 rings (SSSR count). The average Bonchev–Trinajstić information content (AvgIpc) is 2.35. The van der Waals surface area contributed by atoms with Gasteiger partial charge in [0, 0.05) is 0 Å². The van der Waals surface area contributed by atoms with Gasteiger partial charge in [-0.25, -0.2) is 9.59 Å². The molecule has 0 unspecified atom stereocenters. The van der Waals surface area contributed by atoms with Crippen molar-refractivity contribution in [1.82, 2.24) is 0 Å². The van der Waals surface area contributed by atoms with Gasteiger partial charge in [-0.15, -0.1) is 0 Å². The molecule has 0 aliphatic carbocycles. The maximum Gasteiger partial charge on any atom is 0.338 e. The van der Waals surface area contributed by atoms with Gasteiger partial charge in [-0.3, -0.25) is 0 Å². The summed E-state index contributed by atoms with van der Waals surface area (Å²) in [6.45, 7) is -1.33. The monoisotopic (exact) mass is 238 g/mol. The average molecular weight is 238 g/mol. The molecule has 0 spiro atoms. The predicted molar refractivity (Wildman–Crippen MR) is 54.2 cm³/mol. The number of benzene rings is 1. The van der Waals surface area contributed by atoms with E-state index >= 15 is 0 Å².